The Morgan fingerprint density at radius 1 is 0.966 bits per heavy atom. The van der Waals surface area contributed by atoms with Crippen LogP contribution >= 0.6 is 0 Å². The minimum atomic E-state index is -2.51. The number of aliphatic hydroxyl groups excluding tert-OH is 2. The van der Waals surface area contributed by atoms with Crippen LogP contribution in [0.2, 0.25) is 0 Å². The normalized spacial score (nSPS) is 40.5. The lowest BCUT2D eigenvalue weighted by Gasteiger charge is -2.47. The zero-order valence-corrected chi connectivity index (χ0v) is 36.1. The minimum absolute atomic E-state index is 0.0306. The SMILES string of the molecule is C=CCOC1CCC(C=C(C)C2OC(=O)C3CCCCN3C(=O)C(=O)C3(O)OC(C(OC)CC(C)C/C(C)=C/C(CC)C(=O)CC(O)C2C)C(OC)CC3C)CC1O. The van der Waals surface area contributed by atoms with Crippen molar-refractivity contribution >= 4 is 23.4 Å². The summed E-state index contributed by atoms with van der Waals surface area (Å²) in [6.45, 7) is 15.2. The molecule has 3 aliphatic heterocycles. The number of hydrogen-bond donors (Lipinski definition) is 3. The summed E-state index contributed by atoms with van der Waals surface area (Å²) in [7, 11) is 3.06. The van der Waals surface area contributed by atoms with Gasteiger partial charge in [0.15, 0.2) is 0 Å². The van der Waals surface area contributed by atoms with Crippen LogP contribution in [0.1, 0.15) is 112 Å². The monoisotopic (exact) mass is 817 g/mol. The first-order chi connectivity index (χ1) is 27.5. The van der Waals surface area contributed by atoms with Gasteiger partial charge < -0.3 is 43.9 Å². The largest absolute Gasteiger partial charge is 0.456 e. The van der Waals surface area contributed by atoms with Crippen LogP contribution in [-0.4, -0.2) is 126 Å². The molecular weight excluding hydrogens is 746 g/mol. The number of carbonyl (C=O) groups excluding carboxylic acids is 4. The number of esters is 1. The molecule has 13 nitrogen and oxygen atoms in total. The molecule has 14 unspecified atom stereocenters. The molecule has 1 amide bonds. The number of cyclic esters (lactones) is 1. The lowest BCUT2D eigenvalue weighted by Crippen LogP contribution is -2.64. The Bertz CT molecular complexity index is 1500. The number of piperidine rings is 1. The zero-order valence-electron chi connectivity index (χ0n) is 36.1. The highest BCUT2D eigenvalue weighted by Crippen LogP contribution is 2.39. The molecule has 0 radical (unpaired) electrons. The Labute approximate surface area is 345 Å². The third kappa shape index (κ3) is 11.5. The number of ketones is 2. The number of hydrogen-bond acceptors (Lipinski definition) is 12. The van der Waals surface area contributed by atoms with Gasteiger partial charge in [-0.05, 0) is 95.5 Å². The number of rotatable bonds is 8. The van der Waals surface area contributed by atoms with Crippen molar-refractivity contribution in [2.45, 2.75) is 167 Å². The smallest absolute Gasteiger partial charge is 0.329 e. The van der Waals surface area contributed by atoms with E-state index in [2.05, 4.69) is 6.58 Å². The molecule has 0 spiro atoms. The van der Waals surface area contributed by atoms with Gasteiger partial charge in [0.1, 0.15) is 24.0 Å². The summed E-state index contributed by atoms with van der Waals surface area (Å²) in [5, 5.41) is 34.6. The summed E-state index contributed by atoms with van der Waals surface area (Å²) in [6.07, 6.45) is 5.10. The molecule has 0 aromatic carbocycles. The Morgan fingerprint density at radius 3 is 2.29 bits per heavy atom. The Kier molecular flexibility index (Phi) is 17.9. The van der Waals surface area contributed by atoms with Crippen molar-refractivity contribution < 1.29 is 58.2 Å². The van der Waals surface area contributed by atoms with Crippen LogP contribution in [0, 0.1) is 29.6 Å². The van der Waals surface area contributed by atoms with E-state index in [9.17, 15) is 34.5 Å². The summed E-state index contributed by atoms with van der Waals surface area (Å²) in [4.78, 5) is 57.8. The molecule has 3 N–H and O–H groups in total. The molecule has 58 heavy (non-hydrogen) atoms. The van der Waals surface area contributed by atoms with Crippen molar-refractivity contribution in [1.82, 2.24) is 4.90 Å². The average Bonchev–Trinajstić information content (AvgIpc) is 3.20. The van der Waals surface area contributed by atoms with Gasteiger partial charge in [0, 0.05) is 44.9 Å². The molecule has 2 saturated heterocycles. The highest BCUT2D eigenvalue weighted by Gasteiger charge is 2.56. The van der Waals surface area contributed by atoms with E-state index in [1.54, 1.807) is 26.8 Å². The molecule has 4 rings (SSSR count). The molecular formula is C45H71NO12. The maximum atomic E-state index is 14.3. The summed E-state index contributed by atoms with van der Waals surface area (Å²) in [6, 6.07) is -1.14. The van der Waals surface area contributed by atoms with Crippen LogP contribution in [0.5, 0.6) is 0 Å². The van der Waals surface area contributed by atoms with Crippen LogP contribution < -0.4 is 0 Å². The summed E-state index contributed by atoms with van der Waals surface area (Å²) < 4.78 is 30.0. The number of methoxy groups -OCH3 is 2. The van der Waals surface area contributed by atoms with Crippen molar-refractivity contribution in [1.29, 1.82) is 0 Å². The van der Waals surface area contributed by atoms with E-state index in [0.717, 1.165) is 5.57 Å². The number of nitrogens with zero attached hydrogens (tertiary/aromatic N) is 1. The maximum absolute atomic E-state index is 14.3. The first-order valence-electron chi connectivity index (χ1n) is 21.5. The van der Waals surface area contributed by atoms with Crippen molar-refractivity contribution in [3.63, 3.8) is 0 Å². The van der Waals surface area contributed by atoms with Crippen molar-refractivity contribution in [2.24, 2.45) is 29.6 Å². The third-order valence-electron chi connectivity index (χ3n) is 13.0. The highest BCUT2D eigenvalue weighted by atomic mass is 16.7. The molecule has 1 saturated carbocycles. The van der Waals surface area contributed by atoms with Gasteiger partial charge in [-0.15, -0.1) is 6.58 Å². The number of fused-ring (bicyclic) bond motifs is 3. The number of allylic oxidation sites excluding steroid dienone is 3. The van der Waals surface area contributed by atoms with Gasteiger partial charge in [0.2, 0.25) is 5.79 Å². The van der Waals surface area contributed by atoms with Crippen LogP contribution in [0.3, 0.4) is 0 Å². The van der Waals surface area contributed by atoms with Gasteiger partial charge in [0.25, 0.3) is 11.7 Å². The van der Waals surface area contributed by atoms with E-state index < -0.39 is 83.9 Å². The first-order valence-corrected chi connectivity index (χ1v) is 21.5. The molecule has 2 bridgehead atoms. The summed E-state index contributed by atoms with van der Waals surface area (Å²) in [5.41, 5.74) is 1.63. The lowest BCUT2D eigenvalue weighted by atomic mass is 9.81. The third-order valence-corrected chi connectivity index (χ3v) is 13.0. The fourth-order valence-corrected chi connectivity index (χ4v) is 9.53. The second-order valence-corrected chi connectivity index (χ2v) is 17.5. The Morgan fingerprint density at radius 2 is 1.66 bits per heavy atom. The van der Waals surface area contributed by atoms with E-state index >= 15 is 0 Å². The van der Waals surface area contributed by atoms with E-state index in [1.807, 2.05) is 32.9 Å². The van der Waals surface area contributed by atoms with Crippen molar-refractivity contribution in [3.05, 3.63) is 36.0 Å². The first kappa shape index (κ1) is 47.9. The molecule has 1 aliphatic carbocycles. The highest BCUT2D eigenvalue weighted by molar-refractivity contribution is 6.39. The second-order valence-electron chi connectivity index (χ2n) is 17.5. The van der Waals surface area contributed by atoms with Gasteiger partial charge in [-0.1, -0.05) is 51.5 Å². The molecule has 13 heteroatoms. The number of Topliss-reactive ketones (excluding diaryl/α,β-unsaturated/α-hetero) is 2. The van der Waals surface area contributed by atoms with E-state index in [-0.39, 0.29) is 49.5 Å². The van der Waals surface area contributed by atoms with E-state index in [4.69, 9.17) is 23.7 Å². The standard InChI is InChI=1S/C45H71NO12/c1-10-18-56-37-16-15-31(24-36(37)49)22-28(5)40-30(7)34(47)25-35(48)32(11-2)20-26(3)19-27(4)21-38(54-8)41-39(55-9)23-29(6)45(53,58-41)42(50)43(51)46-17-13-12-14-33(46)44(52)57-40/h10,20,22,27,29-34,36-41,47,49,53H,1,11-19,21,23-25H2,2-9H3/b26-20+,28-22?. The molecule has 4 aliphatic rings. The number of amides is 1. The molecule has 0 aromatic rings. The van der Waals surface area contributed by atoms with Gasteiger partial charge in [0.05, 0.1) is 37.1 Å². The van der Waals surface area contributed by atoms with Crippen LogP contribution in [0.25, 0.3) is 0 Å². The average molecular weight is 818 g/mol. The topological polar surface area (TPSA) is 178 Å². The molecule has 3 fully saturated rings. The van der Waals surface area contributed by atoms with E-state index in [0.29, 0.717) is 63.5 Å². The predicted octanol–water partition coefficient (Wildman–Crippen LogP) is 5.03. The number of carbonyl (C=O) groups is 4. The van der Waals surface area contributed by atoms with Gasteiger partial charge >= 0.3 is 5.97 Å². The number of ether oxygens (including phenoxy) is 5. The Balaban J connectivity index is 1.74. The van der Waals surface area contributed by atoms with E-state index in [1.165, 1.54) is 19.1 Å². The minimum Gasteiger partial charge on any atom is -0.456 e. The fourth-order valence-electron chi connectivity index (χ4n) is 9.53. The quantitative estimate of drug-likeness (QED) is 0.169. The summed E-state index contributed by atoms with van der Waals surface area (Å²) >= 11 is 0. The second kappa shape index (κ2) is 21.7. The summed E-state index contributed by atoms with van der Waals surface area (Å²) in [5.74, 6) is -7.65. The van der Waals surface area contributed by atoms with Crippen LogP contribution in [0.4, 0.5) is 0 Å². The molecule has 328 valence electrons. The van der Waals surface area contributed by atoms with Crippen molar-refractivity contribution in [3.8, 4) is 0 Å². The van der Waals surface area contributed by atoms with Gasteiger partial charge in [-0.3, -0.25) is 14.4 Å². The lowest BCUT2D eigenvalue weighted by molar-refractivity contribution is -0.302. The predicted molar refractivity (Wildman–Crippen MR) is 217 cm³/mol. The van der Waals surface area contributed by atoms with Gasteiger partial charge in [-0.25, -0.2) is 4.79 Å². The Hall–Kier alpha value is -2.78. The van der Waals surface area contributed by atoms with Crippen LogP contribution in [0.15, 0.2) is 36.0 Å². The molecule has 3 heterocycles. The van der Waals surface area contributed by atoms with Crippen LogP contribution in [-0.2, 0) is 42.9 Å². The zero-order chi connectivity index (χ0) is 42.9. The number of aliphatic hydroxyl groups is 3. The van der Waals surface area contributed by atoms with Crippen molar-refractivity contribution in [2.75, 3.05) is 27.4 Å². The molecule has 14 atom stereocenters. The fraction of sp³-hybridized carbons (Fsp3) is 0.778. The molecule has 0 aromatic heterocycles. The maximum Gasteiger partial charge on any atom is 0.329 e. The van der Waals surface area contributed by atoms with Gasteiger partial charge in [-0.2, -0.15) is 0 Å².